The lowest BCUT2D eigenvalue weighted by Crippen LogP contribution is -1.85. The Hall–Kier alpha value is -1.05. The van der Waals surface area contributed by atoms with Gasteiger partial charge in [0.15, 0.2) is 0 Å². The summed E-state index contributed by atoms with van der Waals surface area (Å²) in [6.45, 7) is 1.93. The lowest BCUT2D eigenvalue weighted by molar-refractivity contribution is 1.20. The zero-order valence-electron chi connectivity index (χ0n) is 8.09. The van der Waals surface area contributed by atoms with Crippen molar-refractivity contribution in [2.45, 2.75) is 6.92 Å². The Labute approximate surface area is 98.7 Å². The molecule has 75 valence electrons. The minimum Gasteiger partial charge on any atom is -0.261 e. The number of aryl methyl sites for hydroxylation is 1. The highest BCUT2D eigenvalue weighted by Crippen LogP contribution is 2.33. The third-order valence-electron chi connectivity index (χ3n) is 2.10. The van der Waals surface area contributed by atoms with Gasteiger partial charge in [-0.25, -0.2) is 0 Å². The largest absolute Gasteiger partial charge is 0.261 e. The smallest absolute Gasteiger partial charge is 0.0578 e. The fourth-order valence-corrected chi connectivity index (χ4v) is 1.92. The summed E-state index contributed by atoms with van der Waals surface area (Å²) in [5, 5.41) is 1.14. The lowest BCUT2D eigenvalue weighted by Gasteiger charge is -2.06. The van der Waals surface area contributed by atoms with Crippen molar-refractivity contribution < 1.29 is 0 Å². The second-order valence-corrected chi connectivity index (χ2v) is 3.99. The summed E-state index contributed by atoms with van der Waals surface area (Å²) in [5.74, 6) is 0. The van der Waals surface area contributed by atoms with E-state index in [0.29, 0.717) is 10.0 Å². The Kier molecular flexibility index (Phi) is 2.94. The molecule has 0 aliphatic heterocycles. The number of halogens is 2. The van der Waals surface area contributed by atoms with Crippen LogP contribution >= 0.6 is 23.2 Å². The van der Waals surface area contributed by atoms with E-state index in [0.717, 1.165) is 16.8 Å². The summed E-state index contributed by atoms with van der Waals surface area (Å²) in [4.78, 5) is 4.21. The van der Waals surface area contributed by atoms with Gasteiger partial charge in [-0.15, -0.1) is 0 Å². The summed E-state index contributed by atoms with van der Waals surface area (Å²) in [6, 6.07) is 10.3. The summed E-state index contributed by atoms with van der Waals surface area (Å²) >= 11 is 12.1. The highest BCUT2D eigenvalue weighted by Gasteiger charge is 2.07. The van der Waals surface area contributed by atoms with E-state index in [1.165, 1.54) is 0 Å². The molecule has 0 aliphatic rings. The van der Waals surface area contributed by atoms with Crippen molar-refractivity contribution in [1.82, 2.24) is 4.98 Å². The first kappa shape index (κ1) is 10.5. The van der Waals surface area contributed by atoms with Gasteiger partial charge in [-0.05, 0) is 19.1 Å². The molecule has 0 atom stereocenters. The third kappa shape index (κ3) is 2.14. The number of hydrogen-bond acceptors (Lipinski definition) is 1. The fraction of sp³-hybridized carbons (Fsp3) is 0.0833. The van der Waals surface area contributed by atoms with Crippen molar-refractivity contribution in [3.05, 3.63) is 52.3 Å². The van der Waals surface area contributed by atoms with Crippen LogP contribution < -0.4 is 0 Å². The topological polar surface area (TPSA) is 12.9 Å². The first-order chi connectivity index (χ1) is 7.18. The molecule has 3 heteroatoms. The predicted octanol–water partition coefficient (Wildman–Crippen LogP) is 4.16. The van der Waals surface area contributed by atoms with E-state index in [4.69, 9.17) is 23.2 Å². The van der Waals surface area contributed by atoms with Crippen molar-refractivity contribution >= 4 is 23.2 Å². The van der Waals surface area contributed by atoms with Crippen LogP contribution in [0.25, 0.3) is 11.1 Å². The minimum absolute atomic E-state index is 0.521. The molecule has 0 spiro atoms. The lowest BCUT2D eigenvalue weighted by atomic mass is 10.1. The first-order valence-corrected chi connectivity index (χ1v) is 5.23. The molecule has 2 aromatic rings. The van der Waals surface area contributed by atoms with Gasteiger partial charge >= 0.3 is 0 Å². The maximum absolute atomic E-state index is 6.07. The second kappa shape index (κ2) is 4.21. The van der Waals surface area contributed by atoms with E-state index in [-0.39, 0.29) is 0 Å². The molecule has 0 N–H and O–H groups in total. The van der Waals surface area contributed by atoms with Gasteiger partial charge in [0.2, 0.25) is 0 Å². The van der Waals surface area contributed by atoms with Gasteiger partial charge in [0.05, 0.1) is 5.02 Å². The van der Waals surface area contributed by atoms with Crippen molar-refractivity contribution in [3.8, 4) is 11.1 Å². The van der Waals surface area contributed by atoms with Crippen LogP contribution in [-0.2, 0) is 0 Å². The molecule has 0 saturated carbocycles. The van der Waals surface area contributed by atoms with Gasteiger partial charge in [-0.3, -0.25) is 4.98 Å². The van der Waals surface area contributed by atoms with Crippen LogP contribution in [0.15, 0.2) is 30.5 Å². The first-order valence-electron chi connectivity index (χ1n) is 4.47. The Bertz CT molecular complexity index is 457. The SMILES string of the molecule is Cc1ccc(-c2c(Cl)[c]ccc2Cl)cn1. The van der Waals surface area contributed by atoms with Crippen molar-refractivity contribution in [1.29, 1.82) is 0 Å². The highest BCUT2D eigenvalue weighted by atomic mass is 35.5. The van der Waals surface area contributed by atoms with Gasteiger partial charge in [-0.1, -0.05) is 35.3 Å². The monoisotopic (exact) mass is 236 g/mol. The van der Waals surface area contributed by atoms with Crippen molar-refractivity contribution in [2.24, 2.45) is 0 Å². The van der Waals surface area contributed by atoms with Crippen LogP contribution in [0.3, 0.4) is 0 Å². The Balaban J connectivity index is 2.58. The number of rotatable bonds is 1. The van der Waals surface area contributed by atoms with Crippen LogP contribution in [0.5, 0.6) is 0 Å². The van der Waals surface area contributed by atoms with Crippen LogP contribution in [-0.4, -0.2) is 4.98 Å². The minimum atomic E-state index is 0.521. The molecule has 0 bridgehead atoms. The maximum Gasteiger partial charge on any atom is 0.0578 e. The summed E-state index contributed by atoms with van der Waals surface area (Å²) < 4.78 is 0. The van der Waals surface area contributed by atoms with E-state index >= 15 is 0 Å². The molecule has 0 amide bonds. The standard InChI is InChI=1S/C12H8Cl2N/c1-8-5-6-9(7-15-8)12-10(13)3-2-4-11(12)14/h2-3,5-7H,1H3. The van der Waals surface area contributed by atoms with Crippen LogP contribution in [0.4, 0.5) is 0 Å². The number of benzene rings is 1. The zero-order valence-corrected chi connectivity index (χ0v) is 9.60. The maximum atomic E-state index is 6.07. The molecule has 1 heterocycles. The molecule has 0 saturated heterocycles. The number of nitrogens with zero attached hydrogens (tertiary/aromatic N) is 1. The van der Waals surface area contributed by atoms with Crippen LogP contribution in [0.2, 0.25) is 10.0 Å². The van der Waals surface area contributed by atoms with Gasteiger partial charge in [0.25, 0.3) is 0 Å². The molecule has 0 unspecified atom stereocenters. The average Bonchev–Trinajstić information content (AvgIpc) is 2.20. The summed E-state index contributed by atoms with van der Waals surface area (Å²) in [7, 11) is 0. The second-order valence-electron chi connectivity index (χ2n) is 3.20. The van der Waals surface area contributed by atoms with Crippen molar-refractivity contribution in [3.63, 3.8) is 0 Å². The Morgan fingerprint density at radius 3 is 2.60 bits per heavy atom. The quantitative estimate of drug-likeness (QED) is 0.725. The third-order valence-corrected chi connectivity index (χ3v) is 2.71. The molecular weight excluding hydrogens is 229 g/mol. The van der Waals surface area contributed by atoms with Gasteiger partial charge in [0.1, 0.15) is 0 Å². The zero-order chi connectivity index (χ0) is 10.8. The molecular formula is C12H8Cl2N. The molecule has 0 aliphatic carbocycles. The summed E-state index contributed by atoms with van der Waals surface area (Å²) in [6.07, 6.45) is 1.76. The average molecular weight is 237 g/mol. The van der Waals surface area contributed by atoms with Gasteiger partial charge in [-0.2, -0.15) is 0 Å². The van der Waals surface area contributed by atoms with E-state index < -0.39 is 0 Å². The molecule has 15 heavy (non-hydrogen) atoms. The molecule has 2 rings (SSSR count). The Morgan fingerprint density at radius 1 is 1.20 bits per heavy atom. The highest BCUT2D eigenvalue weighted by molar-refractivity contribution is 6.39. The van der Waals surface area contributed by atoms with E-state index in [9.17, 15) is 0 Å². The number of pyridine rings is 1. The van der Waals surface area contributed by atoms with Crippen molar-refractivity contribution in [2.75, 3.05) is 0 Å². The van der Waals surface area contributed by atoms with Gasteiger partial charge < -0.3 is 0 Å². The predicted molar refractivity (Wildman–Crippen MR) is 63.3 cm³/mol. The van der Waals surface area contributed by atoms with E-state index in [1.54, 1.807) is 18.3 Å². The number of aromatic nitrogens is 1. The molecule has 1 aromatic carbocycles. The Morgan fingerprint density at radius 2 is 2.00 bits per heavy atom. The molecule has 1 radical (unpaired) electrons. The summed E-state index contributed by atoms with van der Waals surface area (Å²) in [5.41, 5.74) is 2.66. The molecule has 1 aromatic heterocycles. The van der Waals surface area contributed by atoms with E-state index in [2.05, 4.69) is 11.1 Å². The van der Waals surface area contributed by atoms with Crippen LogP contribution in [0.1, 0.15) is 5.69 Å². The fourth-order valence-electron chi connectivity index (χ4n) is 1.33. The van der Waals surface area contributed by atoms with Crippen LogP contribution in [0, 0.1) is 13.0 Å². The molecule has 0 fully saturated rings. The molecule has 1 nitrogen and oxygen atoms in total. The van der Waals surface area contributed by atoms with E-state index in [1.807, 2.05) is 19.1 Å². The number of hydrogen-bond donors (Lipinski definition) is 0. The van der Waals surface area contributed by atoms with Gasteiger partial charge in [0, 0.05) is 34.1 Å². The normalized spacial score (nSPS) is 10.3.